The van der Waals surface area contributed by atoms with Gasteiger partial charge in [-0.3, -0.25) is 10.1 Å². The second-order valence-corrected chi connectivity index (χ2v) is 3.29. The number of nitrogens with zero attached hydrogens (tertiary/aromatic N) is 1. The number of benzene rings is 1. The summed E-state index contributed by atoms with van der Waals surface area (Å²) in [5.74, 6) is 0.0231. The molecular formula is C9H10ClN3O2. The fourth-order valence-electron chi connectivity index (χ4n) is 0.966. The first-order valence-corrected chi connectivity index (χ1v) is 4.55. The van der Waals surface area contributed by atoms with Crippen molar-refractivity contribution in [3.63, 3.8) is 0 Å². The van der Waals surface area contributed by atoms with E-state index in [9.17, 15) is 10.1 Å². The monoisotopic (exact) mass is 227 g/mol. The fourth-order valence-corrected chi connectivity index (χ4v) is 1.09. The molecule has 0 heterocycles. The van der Waals surface area contributed by atoms with Crippen LogP contribution in [0.3, 0.4) is 0 Å². The van der Waals surface area contributed by atoms with Gasteiger partial charge in [0.1, 0.15) is 0 Å². The lowest BCUT2D eigenvalue weighted by atomic mass is 10.2. The summed E-state index contributed by atoms with van der Waals surface area (Å²) in [6.45, 7) is 0.424. The maximum absolute atomic E-state index is 10.1. The minimum Gasteiger partial charge on any atom is -0.380 e. The predicted octanol–water partition coefficient (Wildman–Crippen LogP) is 1.46. The molecule has 80 valence electrons. The highest BCUT2D eigenvalue weighted by atomic mass is 35.5. The smallest absolute Gasteiger partial charge is 0.273 e. The molecule has 1 aromatic carbocycles. The summed E-state index contributed by atoms with van der Waals surface area (Å²) in [5, 5.41) is 13.4. The van der Waals surface area contributed by atoms with E-state index in [-0.39, 0.29) is 5.82 Å². The first-order valence-electron chi connectivity index (χ1n) is 4.17. The SMILES string of the molecule is N/C(=C\[N+](=O)[O-])NCc1ccc(Cl)cc1. The molecule has 0 aromatic heterocycles. The normalized spacial score (nSPS) is 11.1. The van der Waals surface area contributed by atoms with Crippen LogP contribution in [-0.2, 0) is 6.54 Å². The summed E-state index contributed by atoms with van der Waals surface area (Å²) < 4.78 is 0. The van der Waals surface area contributed by atoms with Crippen molar-refractivity contribution >= 4 is 11.6 Å². The number of nitro groups is 1. The molecule has 3 N–H and O–H groups in total. The molecule has 0 bridgehead atoms. The van der Waals surface area contributed by atoms with Crippen LogP contribution in [0.25, 0.3) is 0 Å². The van der Waals surface area contributed by atoms with Crippen LogP contribution in [0, 0.1) is 10.1 Å². The molecule has 0 aliphatic rings. The van der Waals surface area contributed by atoms with Gasteiger partial charge in [0.05, 0.1) is 4.92 Å². The van der Waals surface area contributed by atoms with Crippen molar-refractivity contribution in [1.82, 2.24) is 5.32 Å². The highest BCUT2D eigenvalue weighted by Gasteiger charge is 1.97. The number of halogens is 1. The van der Waals surface area contributed by atoms with Gasteiger partial charge in [-0.2, -0.15) is 0 Å². The molecule has 0 fully saturated rings. The van der Waals surface area contributed by atoms with Crippen molar-refractivity contribution in [3.05, 3.63) is 57.0 Å². The molecule has 1 rings (SSSR count). The molecule has 0 aliphatic carbocycles. The number of nitrogens with one attached hydrogen (secondary N) is 1. The zero-order valence-electron chi connectivity index (χ0n) is 7.81. The standard InChI is InChI=1S/C9H10ClN3O2/c10-8-3-1-7(2-4-8)5-12-9(11)6-13(14)15/h1-4,6,12H,5,11H2/b9-6+. The first-order chi connectivity index (χ1) is 7.08. The third-order valence-corrected chi connectivity index (χ3v) is 1.91. The van der Waals surface area contributed by atoms with Gasteiger partial charge in [0, 0.05) is 11.6 Å². The lowest BCUT2D eigenvalue weighted by molar-refractivity contribution is -0.403. The van der Waals surface area contributed by atoms with Crippen molar-refractivity contribution in [2.75, 3.05) is 0 Å². The second kappa shape index (κ2) is 5.21. The van der Waals surface area contributed by atoms with E-state index in [2.05, 4.69) is 5.32 Å². The number of hydrogen-bond donors (Lipinski definition) is 2. The average molecular weight is 228 g/mol. The van der Waals surface area contributed by atoms with Crippen LogP contribution < -0.4 is 11.1 Å². The Hall–Kier alpha value is -1.75. The third-order valence-electron chi connectivity index (χ3n) is 1.65. The predicted molar refractivity (Wildman–Crippen MR) is 57.6 cm³/mol. The van der Waals surface area contributed by atoms with E-state index in [0.29, 0.717) is 11.6 Å². The maximum Gasteiger partial charge on any atom is 0.273 e. The average Bonchev–Trinajstić information content (AvgIpc) is 2.16. The number of hydrogen-bond acceptors (Lipinski definition) is 4. The van der Waals surface area contributed by atoms with Crippen molar-refractivity contribution in [2.24, 2.45) is 5.73 Å². The van der Waals surface area contributed by atoms with E-state index in [4.69, 9.17) is 17.3 Å². The molecule has 5 nitrogen and oxygen atoms in total. The van der Waals surface area contributed by atoms with E-state index in [1.54, 1.807) is 12.1 Å². The second-order valence-electron chi connectivity index (χ2n) is 2.85. The van der Waals surface area contributed by atoms with E-state index in [0.717, 1.165) is 11.8 Å². The highest BCUT2D eigenvalue weighted by molar-refractivity contribution is 6.30. The van der Waals surface area contributed by atoms with Gasteiger partial charge in [-0.1, -0.05) is 23.7 Å². The Balaban J connectivity index is 2.50. The van der Waals surface area contributed by atoms with Crippen LogP contribution in [0.4, 0.5) is 0 Å². The van der Waals surface area contributed by atoms with Gasteiger partial charge in [-0.15, -0.1) is 0 Å². The first kappa shape index (κ1) is 11.3. The summed E-state index contributed by atoms with van der Waals surface area (Å²) in [4.78, 5) is 9.45. The Bertz CT molecular complexity index is 375. The molecule has 0 saturated heterocycles. The van der Waals surface area contributed by atoms with E-state index in [1.807, 2.05) is 12.1 Å². The molecule has 0 spiro atoms. The van der Waals surface area contributed by atoms with Crippen LogP contribution >= 0.6 is 11.6 Å². The number of nitrogens with two attached hydrogens (primary N) is 1. The lowest BCUT2D eigenvalue weighted by Gasteiger charge is -2.04. The van der Waals surface area contributed by atoms with Gasteiger partial charge < -0.3 is 11.1 Å². The molecule has 0 saturated carbocycles. The van der Waals surface area contributed by atoms with Crippen LogP contribution in [0.1, 0.15) is 5.56 Å². The van der Waals surface area contributed by atoms with Crippen molar-refractivity contribution in [3.8, 4) is 0 Å². The zero-order chi connectivity index (χ0) is 11.3. The van der Waals surface area contributed by atoms with E-state index >= 15 is 0 Å². The molecule has 0 radical (unpaired) electrons. The van der Waals surface area contributed by atoms with E-state index in [1.165, 1.54) is 0 Å². The van der Waals surface area contributed by atoms with Gasteiger partial charge in [0.25, 0.3) is 6.20 Å². The third kappa shape index (κ3) is 4.33. The Kier molecular flexibility index (Phi) is 3.93. The van der Waals surface area contributed by atoms with Crippen molar-refractivity contribution in [2.45, 2.75) is 6.54 Å². The summed E-state index contributed by atoms with van der Waals surface area (Å²) in [7, 11) is 0. The molecule has 1 aromatic rings. The Morgan fingerprint density at radius 2 is 2.13 bits per heavy atom. The lowest BCUT2D eigenvalue weighted by Crippen LogP contribution is -2.20. The van der Waals surface area contributed by atoms with Crippen LogP contribution in [-0.4, -0.2) is 4.92 Å². The highest BCUT2D eigenvalue weighted by Crippen LogP contribution is 2.09. The summed E-state index contributed by atoms with van der Waals surface area (Å²) >= 11 is 5.70. The topological polar surface area (TPSA) is 81.2 Å². The van der Waals surface area contributed by atoms with Crippen LogP contribution in [0.2, 0.25) is 5.02 Å². The van der Waals surface area contributed by atoms with E-state index < -0.39 is 4.92 Å². The van der Waals surface area contributed by atoms with Gasteiger partial charge in [-0.05, 0) is 17.7 Å². The Labute approximate surface area is 91.7 Å². The van der Waals surface area contributed by atoms with Crippen molar-refractivity contribution in [1.29, 1.82) is 0 Å². The summed E-state index contributed by atoms with van der Waals surface area (Å²) in [5.41, 5.74) is 6.28. The Morgan fingerprint density at radius 1 is 1.53 bits per heavy atom. The minimum atomic E-state index is -0.607. The summed E-state index contributed by atoms with van der Waals surface area (Å²) in [6, 6.07) is 7.11. The van der Waals surface area contributed by atoms with Gasteiger partial charge in [0.2, 0.25) is 0 Å². The van der Waals surface area contributed by atoms with Crippen molar-refractivity contribution < 1.29 is 4.92 Å². The minimum absolute atomic E-state index is 0.0231. The molecule has 0 atom stereocenters. The summed E-state index contributed by atoms with van der Waals surface area (Å²) in [6.07, 6.45) is 0.718. The number of rotatable bonds is 4. The molecule has 0 amide bonds. The van der Waals surface area contributed by atoms with Crippen LogP contribution in [0.5, 0.6) is 0 Å². The molecule has 6 heteroatoms. The molecule has 0 unspecified atom stereocenters. The Morgan fingerprint density at radius 3 is 2.67 bits per heavy atom. The maximum atomic E-state index is 10.1. The van der Waals surface area contributed by atoms with Crippen LogP contribution in [0.15, 0.2) is 36.3 Å². The largest absolute Gasteiger partial charge is 0.380 e. The molecule has 0 aliphatic heterocycles. The van der Waals surface area contributed by atoms with Gasteiger partial charge >= 0.3 is 0 Å². The van der Waals surface area contributed by atoms with Gasteiger partial charge in [-0.25, -0.2) is 0 Å². The quantitative estimate of drug-likeness (QED) is 0.603. The fraction of sp³-hybridized carbons (Fsp3) is 0.111. The zero-order valence-corrected chi connectivity index (χ0v) is 8.57. The molecule has 15 heavy (non-hydrogen) atoms. The van der Waals surface area contributed by atoms with Gasteiger partial charge in [0.15, 0.2) is 5.82 Å². The molecular weight excluding hydrogens is 218 g/mol.